The molecule has 4 heteroatoms. The Morgan fingerprint density at radius 2 is 2.33 bits per heavy atom. The van der Waals surface area contributed by atoms with E-state index in [4.69, 9.17) is 6.42 Å². The highest BCUT2D eigenvalue weighted by molar-refractivity contribution is 5.89. The highest BCUT2D eigenvalue weighted by atomic mass is 19.1. The molecule has 2 amide bonds. The molecular weight excluding hydrogens is 195 g/mol. The van der Waals surface area contributed by atoms with Crippen LogP contribution in [0, 0.1) is 18.2 Å². The topological polar surface area (TPSA) is 41.1 Å². The number of hydrogen-bond donors (Lipinski definition) is 2. The lowest BCUT2D eigenvalue weighted by Crippen LogP contribution is -2.35. The number of rotatable bonds is 2. The molecule has 0 spiro atoms. The third kappa shape index (κ3) is 3.69. The minimum absolute atomic E-state index is 0.362. The molecule has 0 aliphatic carbocycles. The van der Waals surface area contributed by atoms with Gasteiger partial charge in [0.2, 0.25) is 0 Å². The predicted octanol–water partition coefficient (Wildman–Crippen LogP) is 1.97. The summed E-state index contributed by atoms with van der Waals surface area (Å²) in [4.78, 5) is 11.3. The van der Waals surface area contributed by atoms with Crippen molar-refractivity contribution in [2.45, 2.75) is 13.0 Å². The van der Waals surface area contributed by atoms with Crippen molar-refractivity contribution in [1.29, 1.82) is 0 Å². The summed E-state index contributed by atoms with van der Waals surface area (Å²) in [7, 11) is 0. The molecule has 0 aliphatic heterocycles. The fraction of sp³-hybridized carbons (Fsp3) is 0.182. The van der Waals surface area contributed by atoms with Gasteiger partial charge in [-0.3, -0.25) is 0 Å². The van der Waals surface area contributed by atoms with Crippen LogP contribution in [-0.2, 0) is 0 Å². The van der Waals surface area contributed by atoms with E-state index in [0.29, 0.717) is 5.69 Å². The zero-order valence-corrected chi connectivity index (χ0v) is 8.25. The Morgan fingerprint density at radius 3 is 2.93 bits per heavy atom. The molecule has 78 valence electrons. The second-order valence-electron chi connectivity index (χ2n) is 3.00. The standard InChI is InChI=1S/C11H11FN2O/c1-3-8(2)13-11(15)14-10-6-4-5-9(12)7-10/h1,4-8H,2H3,(H2,13,14,15). The summed E-state index contributed by atoms with van der Waals surface area (Å²) in [6.45, 7) is 1.67. The van der Waals surface area contributed by atoms with Gasteiger partial charge < -0.3 is 10.6 Å². The number of carbonyl (C=O) groups is 1. The van der Waals surface area contributed by atoms with Gasteiger partial charge in [-0.25, -0.2) is 9.18 Å². The molecule has 1 aromatic rings. The van der Waals surface area contributed by atoms with Crippen LogP contribution in [0.25, 0.3) is 0 Å². The smallest absolute Gasteiger partial charge is 0.320 e. The molecule has 15 heavy (non-hydrogen) atoms. The third-order valence-electron chi connectivity index (χ3n) is 1.68. The molecule has 2 N–H and O–H groups in total. The quantitative estimate of drug-likeness (QED) is 0.713. The normalized spacial score (nSPS) is 11.3. The summed E-state index contributed by atoms with van der Waals surface area (Å²) in [6.07, 6.45) is 5.09. The number of amides is 2. The number of halogens is 1. The largest absolute Gasteiger partial charge is 0.325 e. The summed E-state index contributed by atoms with van der Waals surface area (Å²) in [5.74, 6) is 1.94. The van der Waals surface area contributed by atoms with Gasteiger partial charge in [0.1, 0.15) is 5.82 Å². The number of anilines is 1. The van der Waals surface area contributed by atoms with E-state index in [-0.39, 0.29) is 6.04 Å². The van der Waals surface area contributed by atoms with E-state index in [0.717, 1.165) is 0 Å². The van der Waals surface area contributed by atoms with Gasteiger partial charge in [-0.2, -0.15) is 0 Å². The van der Waals surface area contributed by atoms with Crippen LogP contribution in [0.15, 0.2) is 24.3 Å². The van der Waals surface area contributed by atoms with Crippen molar-refractivity contribution < 1.29 is 9.18 Å². The van der Waals surface area contributed by atoms with Gasteiger partial charge in [-0.15, -0.1) is 6.42 Å². The van der Waals surface area contributed by atoms with Crippen LogP contribution in [0.4, 0.5) is 14.9 Å². The first kappa shape index (κ1) is 11.1. The number of benzene rings is 1. The summed E-state index contributed by atoms with van der Waals surface area (Å²) in [5, 5.41) is 4.95. The second-order valence-corrected chi connectivity index (χ2v) is 3.00. The zero-order chi connectivity index (χ0) is 11.3. The Hall–Kier alpha value is -2.02. The maximum atomic E-state index is 12.7. The van der Waals surface area contributed by atoms with Crippen molar-refractivity contribution >= 4 is 11.7 Å². The van der Waals surface area contributed by atoms with Crippen molar-refractivity contribution in [1.82, 2.24) is 5.32 Å². The summed E-state index contributed by atoms with van der Waals surface area (Å²) < 4.78 is 12.7. The summed E-state index contributed by atoms with van der Waals surface area (Å²) >= 11 is 0. The molecule has 0 bridgehead atoms. The molecule has 0 saturated heterocycles. The Labute approximate surface area is 87.7 Å². The van der Waals surface area contributed by atoms with E-state index < -0.39 is 11.8 Å². The van der Waals surface area contributed by atoms with Gasteiger partial charge >= 0.3 is 6.03 Å². The third-order valence-corrected chi connectivity index (χ3v) is 1.68. The van der Waals surface area contributed by atoms with E-state index in [1.54, 1.807) is 13.0 Å². The minimum atomic E-state index is -0.453. The fourth-order valence-corrected chi connectivity index (χ4v) is 0.972. The lowest BCUT2D eigenvalue weighted by Gasteiger charge is -2.09. The van der Waals surface area contributed by atoms with Gasteiger partial charge in [-0.1, -0.05) is 12.0 Å². The highest BCUT2D eigenvalue weighted by Gasteiger charge is 2.04. The van der Waals surface area contributed by atoms with E-state index >= 15 is 0 Å². The molecule has 0 heterocycles. The first-order valence-electron chi connectivity index (χ1n) is 4.41. The monoisotopic (exact) mass is 206 g/mol. The number of terminal acetylenes is 1. The zero-order valence-electron chi connectivity index (χ0n) is 8.25. The number of carbonyl (C=O) groups excluding carboxylic acids is 1. The molecule has 0 aliphatic rings. The molecule has 1 unspecified atom stereocenters. The lowest BCUT2D eigenvalue weighted by atomic mass is 10.3. The summed E-state index contributed by atoms with van der Waals surface area (Å²) in [6, 6.07) is 4.80. The molecule has 3 nitrogen and oxygen atoms in total. The number of urea groups is 1. The van der Waals surface area contributed by atoms with E-state index in [9.17, 15) is 9.18 Å². The Bertz CT molecular complexity index is 398. The minimum Gasteiger partial charge on any atom is -0.325 e. The van der Waals surface area contributed by atoms with Crippen molar-refractivity contribution in [2.24, 2.45) is 0 Å². The van der Waals surface area contributed by atoms with Crippen LogP contribution < -0.4 is 10.6 Å². The molecule has 0 radical (unpaired) electrons. The Kier molecular flexibility index (Phi) is 3.69. The molecule has 1 aromatic carbocycles. The van der Waals surface area contributed by atoms with Crippen molar-refractivity contribution in [3.8, 4) is 12.3 Å². The van der Waals surface area contributed by atoms with Gasteiger partial charge in [0.25, 0.3) is 0 Å². The SMILES string of the molecule is C#CC(C)NC(=O)Nc1cccc(F)c1. The van der Waals surface area contributed by atoms with E-state index in [2.05, 4.69) is 16.6 Å². The first-order valence-corrected chi connectivity index (χ1v) is 4.41. The average Bonchev–Trinajstić information content (AvgIpc) is 2.17. The molecule has 0 aromatic heterocycles. The lowest BCUT2D eigenvalue weighted by molar-refractivity contribution is 0.251. The van der Waals surface area contributed by atoms with Crippen LogP contribution in [0.2, 0.25) is 0 Å². The van der Waals surface area contributed by atoms with Crippen LogP contribution in [-0.4, -0.2) is 12.1 Å². The number of hydrogen-bond acceptors (Lipinski definition) is 1. The fourth-order valence-electron chi connectivity index (χ4n) is 0.972. The molecule has 1 rings (SSSR count). The molecule has 1 atom stereocenters. The maximum Gasteiger partial charge on any atom is 0.320 e. The predicted molar refractivity (Wildman–Crippen MR) is 56.8 cm³/mol. The van der Waals surface area contributed by atoms with E-state index in [1.807, 2.05) is 0 Å². The maximum absolute atomic E-state index is 12.7. The van der Waals surface area contributed by atoms with Gasteiger partial charge in [-0.05, 0) is 25.1 Å². The number of nitrogens with one attached hydrogen (secondary N) is 2. The van der Waals surface area contributed by atoms with Crippen LogP contribution in [0.5, 0.6) is 0 Å². The average molecular weight is 206 g/mol. The van der Waals surface area contributed by atoms with Crippen LogP contribution in [0.3, 0.4) is 0 Å². The van der Waals surface area contributed by atoms with Gasteiger partial charge in [0.15, 0.2) is 0 Å². The Morgan fingerprint density at radius 1 is 1.60 bits per heavy atom. The van der Waals surface area contributed by atoms with Crippen molar-refractivity contribution in [2.75, 3.05) is 5.32 Å². The van der Waals surface area contributed by atoms with E-state index in [1.165, 1.54) is 18.2 Å². The second kappa shape index (κ2) is 5.01. The van der Waals surface area contributed by atoms with Crippen molar-refractivity contribution in [3.63, 3.8) is 0 Å². The first-order chi connectivity index (χ1) is 7.11. The van der Waals surface area contributed by atoms with Crippen LogP contribution >= 0.6 is 0 Å². The Balaban J connectivity index is 2.56. The highest BCUT2D eigenvalue weighted by Crippen LogP contribution is 2.08. The van der Waals surface area contributed by atoms with Crippen molar-refractivity contribution in [3.05, 3.63) is 30.1 Å². The van der Waals surface area contributed by atoms with Gasteiger partial charge in [0.05, 0.1) is 6.04 Å². The molecule has 0 fully saturated rings. The van der Waals surface area contributed by atoms with Crippen LogP contribution in [0.1, 0.15) is 6.92 Å². The molecular formula is C11H11FN2O. The van der Waals surface area contributed by atoms with Gasteiger partial charge in [0, 0.05) is 5.69 Å². The summed E-state index contributed by atoms with van der Waals surface area (Å²) in [5.41, 5.74) is 0.386. The molecule has 0 saturated carbocycles.